The summed E-state index contributed by atoms with van der Waals surface area (Å²) in [5, 5.41) is 0. The van der Waals surface area contributed by atoms with Gasteiger partial charge in [0.2, 0.25) is 6.79 Å². The first-order valence-corrected chi connectivity index (χ1v) is 3.93. The van der Waals surface area contributed by atoms with E-state index >= 15 is 0 Å². The summed E-state index contributed by atoms with van der Waals surface area (Å²) < 4.78 is 10.5. The van der Waals surface area contributed by atoms with Crippen molar-refractivity contribution in [3.63, 3.8) is 0 Å². The van der Waals surface area contributed by atoms with Crippen molar-refractivity contribution in [2.75, 3.05) is 6.79 Å². The van der Waals surface area contributed by atoms with Crippen LogP contribution in [0.25, 0.3) is 0 Å². The average molecular weight is 202 g/mol. The summed E-state index contributed by atoms with van der Waals surface area (Å²) >= 11 is 0. The van der Waals surface area contributed by atoms with Crippen molar-refractivity contribution in [2.24, 2.45) is 5.73 Å². The molecule has 0 saturated heterocycles. The molecular formula is C9H12ClNO2. The SMILES string of the molecule is C[C@@H](N)c1cccc2c1OCO2.Cl. The monoisotopic (exact) mass is 201 g/mol. The molecule has 1 heterocycles. The molecule has 0 bridgehead atoms. The van der Waals surface area contributed by atoms with Crippen molar-refractivity contribution in [1.82, 2.24) is 0 Å². The Kier molecular flexibility index (Phi) is 3.01. The minimum absolute atomic E-state index is 0. The van der Waals surface area contributed by atoms with Gasteiger partial charge in [0.1, 0.15) is 0 Å². The fraction of sp³-hybridized carbons (Fsp3) is 0.333. The molecule has 1 aromatic rings. The van der Waals surface area contributed by atoms with Gasteiger partial charge in [-0.3, -0.25) is 0 Å². The van der Waals surface area contributed by atoms with E-state index in [1.54, 1.807) is 0 Å². The van der Waals surface area contributed by atoms with Crippen molar-refractivity contribution < 1.29 is 9.47 Å². The van der Waals surface area contributed by atoms with Crippen molar-refractivity contribution in [3.8, 4) is 11.5 Å². The molecule has 0 unspecified atom stereocenters. The van der Waals surface area contributed by atoms with Gasteiger partial charge < -0.3 is 15.2 Å². The Labute approximate surface area is 83.2 Å². The van der Waals surface area contributed by atoms with E-state index in [1.165, 1.54) is 0 Å². The molecule has 0 amide bonds. The molecule has 3 nitrogen and oxygen atoms in total. The third-order valence-corrected chi connectivity index (χ3v) is 1.92. The predicted molar refractivity (Wildman–Crippen MR) is 52.4 cm³/mol. The Morgan fingerprint density at radius 2 is 2.15 bits per heavy atom. The lowest BCUT2D eigenvalue weighted by atomic mass is 10.1. The van der Waals surface area contributed by atoms with E-state index in [1.807, 2.05) is 25.1 Å². The second-order valence-corrected chi connectivity index (χ2v) is 2.87. The molecule has 1 aliphatic heterocycles. The Morgan fingerprint density at radius 3 is 2.85 bits per heavy atom. The summed E-state index contributed by atoms with van der Waals surface area (Å²) in [5.74, 6) is 1.59. The van der Waals surface area contributed by atoms with E-state index in [-0.39, 0.29) is 18.4 Å². The molecule has 0 fully saturated rings. The molecule has 2 N–H and O–H groups in total. The zero-order valence-electron chi connectivity index (χ0n) is 7.32. The maximum atomic E-state index is 5.75. The number of ether oxygens (including phenoxy) is 2. The van der Waals surface area contributed by atoms with Crippen LogP contribution in [-0.2, 0) is 0 Å². The van der Waals surface area contributed by atoms with Crippen LogP contribution in [0.3, 0.4) is 0 Å². The number of fused-ring (bicyclic) bond motifs is 1. The van der Waals surface area contributed by atoms with E-state index in [0.29, 0.717) is 6.79 Å². The molecule has 1 aromatic carbocycles. The van der Waals surface area contributed by atoms with Crippen LogP contribution in [0.2, 0.25) is 0 Å². The number of benzene rings is 1. The molecule has 4 heteroatoms. The highest BCUT2D eigenvalue weighted by atomic mass is 35.5. The maximum Gasteiger partial charge on any atom is 0.231 e. The Bertz CT molecular complexity index is 302. The summed E-state index contributed by atoms with van der Waals surface area (Å²) in [5.41, 5.74) is 6.76. The Balaban J connectivity index is 0.000000845. The van der Waals surface area contributed by atoms with Gasteiger partial charge in [-0.2, -0.15) is 0 Å². The molecule has 1 aliphatic rings. The summed E-state index contributed by atoms with van der Waals surface area (Å²) in [7, 11) is 0. The van der Waals surface area contributed by atoms with Gasteiger partial charge in [-0.25, -0.2) is 0 Å². The van der Waals surface area contributed by atoms with Gasteiger partial charge in [-0.1, -0.05) is 12.1 Å². The minimum atomic E-state index is -0.0124. The molecule has 1 atom stereocenters. The molecule has 0 aromatic heterocycles. The van der Waals surface area contributed by atoms with Crippen LogP contribution in [0.15, 0.2) is 18.2 Å². The lowest BCUT2D eigenvalue weighted by molar-refractivity contribution is 0.173. The fourth-order valence-corrected chi connectivity index (χ4v) is 1.31. The quantitative estimate of drug-likeness (QED) is 0.755. The molecule has 0 saturated carbocycles. The highest BCUT2D eigenvalue weighted by molar-refractivity contribution is 5.85. The lowest BCUT2D eigenvalue weighted by Gasteiger charge is -2.07. The van der Waals surface area contributed by atoms with Gasteiger partial charge in [-0.05, 0) is 13.0 Å². The zero-order chi connectivity index (χ0) is 8.55. The third kappa shape index (κ3) is 1.71. The smallest absolute Gasteiger partial charge is 0.231 e. The zero-order valence-corrected chi connectivity index (χ0v) is 8.14. The van der Waals surface area contributed by atoms with Gasteiger partial charge in [0.25, 0.3) is 0 Å². The van der Waals surface area contributed by atoms with Crippen LogP contribution in [0.4, 0.5) is 0 Å². The normalized spacial score (nSPS) is 14.9. The topological polar surface area (TPSA) is 44.5 Å². The molecule has 13 heavy (non-hydrogen) atoms. The number of nitrogens with two attached hydrogens (primary N) is 1. The maximum absolute atomic E-state index is 5.75. The van der Waals surface area contributed by atoms with Crippen LogP contribution >= 0.6 is 12.4 Å². The number of halogens is 1. The Hall–Kier alpha value is -0.930. The number of hydrogen-bond acceptors (Lipinski definition) is 3. The second-order valence-electron chi connectivity index (χ2n) is 2.87. The van der Waals surface area contributed by atoms with Crippen LogP contribution < -0.4 is 15.2 Å². The standard InChI is InChI=1S/C9H11NO2.ClH/c1-6(10)7-3-2-4-8-9(7)12-5-11-8;/h2-4,6H,5,10H2,1H3;1H/t6-;/m1./s1. The van der Waals surface area contributed by atoms with Gasteiger partial charge >= 0.3 is 0 Å². The average Bonchev–Trinajstić information content (AvgIpc) is 2.49. The fourth-order valence-electron chi connectivity index (χ4n) is 1.31. The van der Waals surface area contributed by atoms with Crippen LogP contribution in [-0.4, -0.2) is 6.79 Å². The van der Waals surface area contributed by atoms with Crippen LogP contribution in [0, 0.1) is 0 Å². The summed E-state index contributed by atoms with van der Waals surface area (Å²) in [6, 6.07) is 5.75. The minimum Gasteiger partial charge on any atom is -0.454 e. The summed E-state index contributed by atoms with van der Waals surface area (Å²) in [6.07, 6.45) is 0. The van der Waals surface area contributed by atoms with Crippen molar-refractivity contribution in [2.45, 2.75) is 13.0 Å². The highest BCUT2D eigenvalue weighted by Gasteiger charge is 2.18. The molecule has 0 spiro atoms. The number of para-hydroxylation sites is 1. The molecule has 2 rings (SSSR count). The van der Waals surface area contributed by atoms with E-state index in [2.05, 4.69) is 0 Å². The molecule has 72 valence electrons. The van der Waals surface area contributed by atoms with Gasteiger partial charge in [0.15, 0.2) is 11.5 Å². The first kappa shape index (κ1) is 10.2. The largest absolute Gasteiger partial charge is 0.454 e. The van der Waals surface area contributed by atoms with Crippen LogP contribution in [0.5, 0.6) is 11.5 Å². The Morgan fingerprint density at radius 1 is 1.38 bits per heavy atom. The molecular weight excluding hydrogens is 190 g/mol. The van der Waals surface area contributed by atoms with E-state index < -0.39 is 0 Å². The van der Waals surface area contributed by atoms with Crippen LogP contribution in [0.1, 0.15) is 18.5 Å². The van der Waals surface area contributed by atoms with Gasteiger partial charge in [0, 0.05) is 11.6 Å². The summed E-state index contributed by atoms with van der Waals surface area (Å²) in [6.45, 7) is 2.23. The highest BCUT2D eigenvalue weighted by Crippen LogP contribution is 2.37. The molecule has 0 aliphatic carbocycles. The molecule has 0 radical (unpaired) electrons. The summed E-state index contributed by atoms with van der Waals surface area (Å²) in [4.78, 5) is 0. The second kappa shape index (κ2) is 3.85. The first-order chi connectivity index (χ1) is 5.79. The first-order valence-electron chi connectivity index (χ1n) is 3.93. The van der Waals surface area contributed by atoms with E-state index in [9.17, 15) is 0 Å². The number of hydrogen-bond donors (Lipinski definition) is 1. The predicted octanol–water partition coefficient (Wildman–Crippen LogP) is 1.86. The van der Waals surface area contributed by atoms with Gasteiger partial charge in [0.05, 0.1) is 0 Å². The van der Waals surface area contributed by atoms with Crippen molar-refractivity contribution in [1.29, 1.82) is 0 Å². The van der Waals surface area contributed by atoms with E-state index in [4.69, 9.17) is 15.2 Å². The lowest BCUT2D eigenvalue weighted by Crippen LogP contribution is -2.05. The van der Waals surface area contributed by atoms with E-state index in [0.717, 1.165) is 17.1 Å². The number of rotatable bonds is 1. The van der Waals surface area contributed by atoms with Crippen molar-refractivity contribution >= 4 is 12.4 Å². The van der Waals surface area contributed by atoms with Crippen molar-refractivity contribution in [3.05, 3.63) is 23.8 Å². The van der Waals surface area contributed by atoms with Gasteiger partial charge in [-0.15, -0.1) is 12.4 Å². The third-order valence-electron chi connectivity index (χ3n) is 1.92.